The minimum Gasteiger partial charge on any atom is -0.302 e. The molecule has 1 aromatic rings. The summed E-state index contributed by atoms with van der Waals surface area (Å²) in [5.41, 5.74) is 1.37. The molecule has 1 unspecified atom stereocenters. The van der Waals surface area contributed by atoms with E-state index in [0.717, 1.165) is 11.0 Å². The minimum atomic E-state index is 0.492. The zero-order valence-electron chi connectivity index (χ0n) is 7.29. The number of hydrogen-bond donors (Lipinski definition) is 1. The van der Waals surface area contributed by atoms with E-state index in [0.29, 0.717) is 5.37 Å². The van der Waals surface area contributed by atoms with E-state index in [1.807, 2.05) is 11.8 Å². The van der Waals surface area contributed by atoms with Crippen LogP contribution >= 0.6 is 27.7 Å². The van der Waals surface area contributed by atoms with E-state index in [4.69, 9.17) is 0 Å². The molecule has 0 aliphatic carbocycles. The summed E-state index contributed by atoms with van der Waals surface area (Å²) in [6.07, 6.45) is 1.29. The molecule has 70 valence electrons. The molecular weight excluding hydrogens is 246 g/mol. The minimum absolute atomic E-state index is 0.492. The molecule has 13 heavy (non-hydrogen) atoms. The van der Waals surface area contributed by atoms with Gasteiger partial charge in [-0.05, 0) is 36.4 Å². The van der Waals surface area contributed by atoms with Crippen molar-refractivity contribution < 1.29 is 0 Å². The van der Waals surface area contributed by atoms with E-state index in [9.17, 15) is 0 Å². The van der Waals surface area contributed by atoms with Crippen molar-refractivity contribution in [2.45, 2.75) is 11.8 Å². The van der Waals surface area contributed by atoms with Crippen LogP contribution in [-0.2, 0) is 0 Å². The Labute approximate surface area is 91.4 Å². The predicted molar refractivity (Wildman–Crippen MR) is 62.0 cm³/mol. The van der Waals surface area contributed by atoms with Gasteiger partial charge in [-0.25, -0.2) is 0 Å². The molecule has 0 amide bonds. The topological polar surface area (TPSA) is 12.0 Å². The van der Waals surface area contributed by atoms with Crippen LogP contribution in [0.2, 0.25) is 0 Å². The number of rotatable bonds is 1. The van der Waals surface area contributed by atoms with Gasteiger partial charge in [0.2, 0.25) is 0 Å². The Balaban J connectivity index is 2.14. The number of hydrogen-bond acceptors (Lipinski definition) is 2. The summed E-state index contributed by atoms with van der Waals surface area (Å²) in [6.45, 7) is 1.14. The zero-order valence-corrected chi connectivity index (χ0v) is 9.70. The highest BCUT2D eigenvalue weighted by molar-refractivity contribution is 9.10. The summed E-state index contributed by atoms with van der Waals surface area (Å²) in [6, 6.07) is 8.53. The quantitative estimate of drug-likeness (QED) is 0.830. The standard InChI is InChI=1S/C10H12BrNS/c11-9-4-1-3-8(7-9)10-12-5-2-6-13-10/h1,3-4,7,10,12H,2,5-6H2. The molecule has 1 heterocycles. The lowest BCUT2D eigenvalue weighted by atomic mass is 10.2. The maximum Gasteiger partial charge on any atom is 0.0789 e. The summed E-state index contributed by atoms with van der Waals surface area (Å²) in [5, 5.41) is 4.00. The van der Waals surface area contributed by atoms with Crippen LogP contribution < -0.4 is 5.32 Å². The van der Waals surface area contributed by atoms with E-state index in [-0.39, 0.29) is 0 Å². The molecule has 1 aliphatic heterocycles. The molecule has 1 nitrogen and oxygen atoms in total. The Hall–Kier alpha value is 0.01000. The Morgan fingerprint density at radius 1 is 1.46 bits per heavy atom. The van der Waals surface area contributed by atoms with Crippen molar-refractivity contribution in [1.29, 1.82) is 0 Å². The van der Waals surface area contributed by atoms with Crippen LogP contribution in [-0.4, -0.2) is 12.3 Å². The fraction of sp³-hybridized carbons (Fsp3) is 0.400. The third-order valence-electron chi connectivity index (χ3n) is 2.09. The predicted octanol–water partition coefficient (Wildman–Crippen LogP) is 3.17. The van der Waals surface area contributed by atoms with E-state index >= 15 is 0 Å². The summed E-state index contributed by atoms with van der Waals surface area (Å²) in [7, 11) is 0. The van der Waals surface area contributed by atoms with Gasteiger partial charge < -0.3 is 5.32 Å². The van der Waals surface area contributed by atoms with Crippen LogP contribution in [0.4, 0.5) is 0 Å². The molecule has 1 fully saturated rings. The molecule has 0 radical (unpaired) electrons. The Morgan fingerprint density at radius 3 is 3.08 bits per heavy atom. The summed E-state index contributed by atoms with van der Waals surface area (Å²) in [4.78, 5) is 0. The molecule has 1 saturated heterocycles. The van der Waals surface area contributed by atoms with Gasteiger partial charge in [0.05, 0.1) is 5.37 Å². The van der Waals surface area contributed by atoms with Crippen molar-refractivity contribution in [3.8, 4) is 0 Å². The Morgan fingerprint density at radius 2 is 2.38 bits per heavy atom. The Kier molecular flexibility index (Phi) is 3.30. The first kappa shape index (κ1) is 9.56. The maximum absolute atomic E-state index is 3.50. The van der Waals surface area contributed by atoms with Gasteiger partial charge in [0, 0.05) is 4.47 Å². The summed E-state index contributed by atoms with van der Waals surface area (Å²) >= 11 is 5.48. The van der Waals surface area contributed by atoms with Crippen LogP contribution in [0, 0.1) is 0 Å². The largest absolute Gasteiger partial charge is 0.302 e. The fourth-order valence-corrected chi connectivity index (χ4v) is 2.99. The van der Waals surface area contributed by atoms with Gasteiger partial charge in [0.25, 0.3) is 0 Å². The van der Waals surface area contributed by atoms with Gasteiger partial charge in [0.15, 0.2) is 0 Å². The SMILES string of the molecule is Brc1cccc(C2NCCCS2)c1. The van der Waals surface area contributed by atoms with Gasteiger partial charge in [-0.3, -0.25) is 0 Å². The summed E-state index contributed by atoms with van der Waals surface area (Å²) < 4.78 is 1.16. The van der Waals surface area contributed by atoms with E-state index in [1.165, 1.54) is 17.7 Å². The van der Waals surface area contributed by atoms with Crippen molar-refractivity contribution >= 4 is 27.7 Å². The molecule has 0 aromatic heterocycles. The average molecular weight is 258 g/mol. The van der Waals surface area contributed by atoms with Crippen molar-refractivity contribution in [1.82, 2.24) is 5.32 Å². The maximum atomic E-state index is 3.50. The van der Waals surface area contributed by atoms with Crippen molar-refractivity contribution in [2.75, 3.05) is 12.3 Å². The van der Waals surface area contributed by atoms with E-state index < -0.39 is 0 Å². The number of nitrogens with one attached hydrogen (secondary N) is 1. The molecular formula is C10H12BrNS. The lowest BCUT2D eigenvalue weighted by Gasteiger charge is -2.23. The van der Waals surface area contributed by atoms with Crippen LogP contribution in [0.3, 0.4) is 0 Å². The smallest absolute Gasteiger partial charge is 0.0789 e. The normalized spacial score (nSPS) is 23.0. The van der Waals surface area contributed by atoms with Gasteiger partial charge in [-0.2, -0.15) is 0 Å². The molecule has 1 atom stereocenters. The molecule has 2 rings (SSSR count). The highest BCUT2D eigenvalue weighted by Crippen LogP contribution is 2.30. The highest BCUT2D eigenvalue weighted by atomic mass is 79.9. The molecule has 0 spiro atoms. The molecule has 1 N–H and O–H groups in total. The lowest BCUT2D eigenvalue weighted by molar-refractivity contribution is 0.643. The molecule has 0 bridgehead atoms. The van der Waals surface area contributed by atoms with Crippen LogP contribution in [0.5, 0.6) is 0 Å². The first-order valence-electron chi connectivity index (χ1n) is 4.47. The summed E-state index contributed by atoms with van der Waals surface area (Å²) in [5.74, 6) is 1.27. The fourth-order valence-electron chi connectivity index (χ4n) is 1.45. The van der Waals surface area contributed by atoms with Gasteiger partial charge in [0.1, 0.15) is 0 Å². The number of halogens is 1. The van der Waals surface area contributed by atoms with Gasteiger partial charge in [-0.15, -0.1) is 11.8 Å². The lowest BCUT2D eigenvalue weighted by Crippen LogP contribution is -2.25. The van der Waals surface area contributed by atoms with Gasteiger partial charge in [-0.1, -0.05) is 28.1 Å². The number of benzene rings is 1. The third-order valence-corrected chi connectivity index (χ3v) is 3.88. The first-order valence-corrected chi connectivity index (χ1v) is 6.31. The molecule has 3 heteroatoms. The van der Waals surface area contributed by atoms with E-state index in [2.05, 4.69) is 45.5 Å². The van der Waals surface area contributed by atoms with Crippen molar-refractivity contribution in [3.05, 3.63) is 34.3 Å². The third kappa shape index (κ3) is 2.48. The second-order valence-electron chi connectivity index (χ2n) is 3.11. The second-order valence-corrected chi connectivity index (χ2v) is 5.24. The van der Waals surface area contributed by atoms with E-state index in [1.54, 1.807) is 0 Å². The molecule has 0 saturated carbocycles. The van der Waals surface area contributed by atoms with Crippen molar-refractivity contribution in [2.24, 2.45) is 0 Å². The van der Waals surface area contributed by atoms with Crippen LogP contribution in [0.25, 0.3) is 0 Å². The highest BCUT2D eigenvalue weighted by Gasteiger charge is 2.14. The van der Waals surface area contributed by atoms with Crippen LogP contribution in [0.1, 0.15) is 17.4 Å². The Bertz CT molecular complexity index is 284. The van der Waals surface area contributed by atoms with Crippen LogP contribution in [0.15, 0.2) is 28.7 Å². The van der Waals surface area contributed by atoms with Crippen molar-refractivity contribution in [3.63, 3.8) is 0 Å². The number of thioether (sulfide) groups is 1. The second kappa shape index (κ2) is 4.49. The monoisotopic (exact) mass is 257 g/mol. The first-order chi connectivity index (χ1) is 6.36. The zero-order chi connectivity index (χ0) is 9.10. The van der Waals surface area contributed by atoms with Gasteiger partial charge >= 0.3 is 0 Å². The molecule has 1 aromatic carbocycles. The molecule has 1 aliphatic rings. The average Bonchev–Trinajstić information content (AvgIpc) is 2.19.